The molecule has 2 aliphatic rings. The van der Waals surface area contributed by atoms with Gasteiger partial charge in [-0.15, -0.1) is 0 Å². The van der Waals surface area contributed by atoms with E-state index in [1.165, 1.54) is 18.5 Å². The molecule has 0 aromatic rings. The molecule has 0 bridgehead atoms. The van der Waals surface area contributed by atoms with E-state index in [4.69, 9.17) is 0 Å². The van der Waals surface area contributed by atoms with Gasteiger partial charge in [-0.1, -0.05) is 6.92 Å². The van der Waals surface area contributed by atoms with Crippen molar-refractivity contribution in [2.45, 2.75) is 32.6 Å². The summed E-state index contributed by atoms with van der Waals surface area (Å²) >= 11 is 0. The molecule has 13 heavy (non-hydrogen) atoms. The molecule has 0 N–H and O–H groups in total. The van der Waals surface area contributed by atoms with E-state index in [1.54, 1.807) is 0 Å². The summed E-state index contributed by atoms with van der Waals surface area (Å²) in [6.07, 6.45) is 6.13. The molecule has 0 unspecified atom stereocenters. The van der Waals surface area contributed by atoms with Crippen LogP contribution in [0.25, 0.3) is 0 Å². The number of piperidine rings is 1. The summed E-state index contributed by atoms with van der Waals surface area (Å²) < 4.78 is 0. The van der Waals surface area contributed by atoms with E-state index in [0.29, 0.717) is 5.78 Å². The molecule has 2 heteroatoms. The summed E-state index contributed by atoms with van der Waals surface area (Å²) in [5.41, 5.74) is 1.29. The quantitative estimate of drug-likeness (QED) is 0.613. The molecule has 0 spiro atoms. The van der Waals surface area contributed by atoms with E-state index in [2.05, 4.69) is 11.8 Å². The van der Waals surface area contributed by atoms with Crippen LogP contribution in [0.5, 0.6) is 0 Å². The lowest BCUT2D eigenvalue weighted by Crippen LogP contribution is -2.31. The SMILES string of the molecule is CC1CCN(C2=CC(=O)CC2)CC1. The van der Waals surface area contributed by atoms with Gasteiger partial charge in [0.15, 0.2) is 5.78 Å². The Labute approximate surface area is 79.6 Å². The molecule has 0 amide bonds. The van der Waals surface area contributed by atoms with Crippen molar-refractivity contribution >= 4 is 5.78 Å². The summed E-state index contributed by atoms with van der Waals surface area (Å²) in [7, 11) is 0. The predicted octanol–water partition coefficient (Wildman–Crippen LogP) is 1.97. The van der Waals surface area contributed by atoms with Gasteiger partial charge in [0.2, 0.25) is 0 Å². The molecule has 1 aliphatic heterocycles. The molecule has 0 atom stereocenters. The number of likely N-dealkylation sites (tertiary alicyclic amines) is 1. The van der Waals surface area contributed by atoms with Crippen molar-refractivity contribution in [1.82, 2.24) is 4.90 Å². The average Bonchev–Trinajstić information content (AvgIpc) is 2.53. The van der Waals surface area contributed by atoms with Gasteiger partial charge in [0.1, 0.15) is 0 Å². The van der Waals surface area contributed by atoms with Gasteiger partial charge >= 0.3 is 0 Å². The molecule has 2 rings (SSSR count). The van der Waals surface area contributed by atoms with E-state index in [9.17, 15) is 4.79 Å². The van der Waals surface area contributed by atoms with Gasteiger partial charge < -0.3 is 4.90 Å². The highest BCUT2D eigenvalue weighted by Gasteiger charge is 2.21. The molecule has 0 aromatic carbocycles. The van der Waals surface area contributed by atoms with Crippen LogP contribution < -0.4 is 0 Å². The third-order valence-electron chi connectivity index (χ3n) is 3.14. The molecule has 0 radical (unpaired) electrons. The van der Waals surface area contributed by atoms with Gasteiger partial charge in [0, 0.05) is 31.3 Å². The number of hydrogen-bond acceptors (Lipinski definition) is 2. The first-order valence-electron chi connectivity index (χ1n) is 5.24. The summed E-state index contributed by atoms with van der Waals surface area (Å²) in [4.78, 5) is 13.5. The highest BCUT2D eigenvalue weighted by atomic mass is 16.1. The topological polar surface area (TPSA) is 20.3 Å². The van der Waals surface area contributed by atoms with Gasteiger partial charge in [-0.3, -0.25) is 4.79 Å². The van der Waals surface area contributed by atoms with Crippen LogP contribution in [0.3, 0.4) is 0 Å². The van der Waals surface area contributed by atoms with Crippen molar-refractivity contribution in [2.24, 2.45) is 5.92 Å². The smallest absolute Gasteiger partial charge is 0.157 e. The Hall–Kier alpha value is -0.790. The minimum atomic E-state index is 0.314. The molecular formula is C11H17NO. The van der Waals surface area contributed by atoms with Gasteiger partial charge in [-0.2, -0.15) is 0 Å². The molecule has 1 fully saturated rings. The molecule has 0 aromatic heterocycles. The van der Waals surface area contributed by atoms with Crippen LogP contribution in [-0.2, 0) is 4.79 Å². The maximum atomic E-state index is 11.1. The number of hydrogen-bond donors (Lipinski definition) is 0. The number of allylic oxidation sites excluding steroid dienone is 2. The van der Waals surface area contributed by atoms with E-state index in [0.717, 1.165) is 31.8 Å². The standard InChI is InChI=1S/C11H17NO/c1-9-4-6-12(7-5-9)10-2-3-11(13)8-10/h8-9H,2-7H2,1H3. The minimum Gasteiger partial charge on any atom is -0.375 e. The van der Waals surface area contributed by atoms with Gasteiger partial charge in [0.25, 0.3) is 0 Å². The Bertz CT molecular complexity index is 236. The first-order chi connectivity index (χ1) is 6.25. The van der Waals surface area contributed by atoms with Crippen molar-refractivity contribution in [1.29, 1.82) is 0 Å². The maximum absolute atomic E-state index is 11.1. The lowest BCUT2D eigenvalue weighted by molar-refractivity contribution is -0.114. The molecular weight excluding hydrogens is 162 g/mol. The summed E-state index contributed by atoms with van der Waals surface area (Å²) in [5, 5.41) is 0. The lowest BCUT2D eigenvalue weighted by atomic mass is 9.99. The van der Waals surface area contributed by atoms with Crippen LogP contribution in [0.15, 0.2) is 11.8 Å². The summed E-state index contributed by atoms with van der Waals surface area (Å²) in [5.74, 6) is 1.18. The second-order valence-corrected chi connectivity index (χ2v) is 4.27. The Balaban J connectivity index is 1.95. The summed E-state index contributed by atoms with van der Waals surface area (Å²) in [6.45, 7) is 4.62. The minimum absolute atomic E-state index is 0.314. The van der Waals surface area contributed by atoms with Crippen molar-refractivity contribution in [3.8, 4) is 0 Å². The monoisotopic (exact) mass is 179 g/mol. The maximum Gasteiger partial charge on any atom is 0.157 e. The van der Waals surface area contributed by atoms with E-state index in [-0.39, 0.29) is 0 Å². The predicted molar refractivity (Wildman–Crippen MR) is 52.3 cm³/mol. The van der Waals surface area contributed by atoms with Crippen LogP contribution in [0.4, 0.5) is 0 Å². The Morgan fingerprint density at radius 1 is 1.31 bits per heavy atom. The first kappa shape index (κ1) is 8.79. The Kier molecular flexibility index (Phi) is 2.38. The second-order valence-electron chi connectivity index (χ2n) is 4.27. The lowest BCUT2D eigenvalue weighted by Gasteiger charge is -2.32. The molecule has 1 aliphatic carbocycles. The van der Waals surface area contributed by atoms with Crippen molar-refractivity contribution < 1.29 is 4.79 Å². The highest BCUT2D eigenvalue weighted by Crippen LogP contribution is 2.25. The van der Waals surface area contributed by atoms with Crippen LogP contribution in [-0.4, -0.2) is 23.8 Å². The van der Waals surface area contributed by atoms with Crippen molar-refractivity contribution in [2.75, 3.05) is 13.1 Å². The highest BCUT2D eigenvalue weighted by molar-refractivity contribution is 5.92. The molecule has 72 valence electrons. The zero-order chi connectivity index (χ0) is 9.26. The fourth-order valence-corrected chi connectivity index (χ4v) is 2.13. The number of carbonyl (C=O) groups excluding carboxylic acids is 1. The number of ketones is 1. The summed E-state index contributed by atoms with van der Waals surface area (Å²) in [6, 6.07) is 0. The Morgan fingerprint density at radius 3 is 2.54 bits per heavy atom. The third-order valence-corrected chi connectivity index (χ3v) is 3.14. The zero-order valence-corrected chi connectivity index (χ0v) is 8.25. The van der Waals surface area contributed by atoms with Crippen molar-refractivity contribution in [3.63, 3.8) is 0 Å². The average molecular weight is 179 g/mol. The van der Waals surface area contributed by atoms with E-state index >= 15 is 0 Å². The van der Waals surface area contributed by atoms with Gasteiger partial charge in [-0.25, -0.2) is 0 Å². The van der Waals surface area contributed by atoms with Crippen LogP contribution in [0.2, 0.25) is 0 Å². The van der Waals surface area contributed by atoms with Gasteiger partial charge in [0.05, 0.1) is 0 Å². The fourth-order valence-electron chi connectivity index (χ4n) is 2.13. The van der Waals surface area contributed by atoms with Crippen LogP contribution in [0, 0.1) is 5.92 Å². The molecule has 1 saturated heterocycles. The third kappa shape index (κ3) is 1.93. The first-order valence-corrected chi connectivity index (χ1v) is 5.24. The fraction of sp³-hybridized carbons (Fsp3) is 0.727. The molecule has 0 saturated carbocycles. The second kappa shape index (κ2) is 3.52. The Morgan fingerprint density at radius 2 is 2.00 bits per heavy atom. The molecule has 2 nitrogen and oxygen atoms in total. The zero-order valence-electron chi connectivity index (χ0n) is 8.25. The normalized spacial score (nSPS) is 25.2. The van der Waals surface area contributed by atoms with E-state index in [1.807, 2.05) is 6.08 Å². The van der Waals surface area contributed by atoms with Crippen molar-refractivity contribution in [3.05, 3.63) is 11.8 Å². The molecule has 1 heterocycles. The number of rotatable bonds is 1. The largest absolute Gasteiger partial charge is 0.375 e. The van der Waals surface area contributed by atoms with E-state index < -0.39 is 0 Å². The number of carbonyl (C=O) groups is 1. The van der Waals surface area contributed by atoms with Gasteiger partial charge in [-0.05, 0) is 25.2 Å². The van der Waals surface area contributed by atoms with Crippen LogP contribution in [0.1, 0.15) is 32.6 Å². The number of nitrogens with zero attached hydrogens (tertiary/aromatic N) is 1. The van der Waals surface area contributed by atoms with Crippen LogP contribution >= 0.6 is 0 Å².